The molecule has 5 heterocycles. The maximum atomic E-state index is 6.02. The van der Waals surface area contributed by atoms with Gasteiger partial charge < -0.3 is 16.0 Å². The second kappa shape index (κ2) is 5.13. The van der Waals surface area contributed by atoms with Gasteiger partial charge in [0.1, 0.15) is 23.2 Å². The number of anilines is 3. The molecule has 4 aromatic rings. The van der Waals surface area contributed by atoms with E-state index in [0.717, 1.165) is 39.6 Å². The number of hydrogen-bond acceptors (Lipinski definition) is 6. The fraction of sp³-hybridized carbons (Fsp3) is 0. The van der Waals surface area contributed by atoms with E-state index in [1.54, 1.807) is 24.8 Å². The van der Waals surface area contributed by atoms with Gasteiger partial charge in [-0.1, -0.05) is 0 Å². The molecule has 1 aliphatic heterocycles. The lowest BCUT2D eigenvalue weighted by molar-refractivity contribution is 1.25. The zero-order valence-electron chi connectivity index (χ0n) is 13.1. The van der Waals surface area contributed by atoms with Crippen LogP contribution in [0.3, 0.4) is 0 Å². The van der Waals surface area contributed by atoms with E-state index in [-0.39, 0.29) is 0 Å². The molecule has 1 aliphatic rings. The first kappa shape index (κ1) is 13.7. The largest absolute Gasteiger partial charge is 0.383 e. The van der Waals surface area contributed by atoms with Crippen LogP contribution in [0.2, 0.25) is 0 Å². The third kappa shape index (κ3) is 2.06. The van der Waals surface area contributed by atoms with Gasteiger partial charge in [0, 0.05) is 29.7 Å². The van der Waals surface area contributed by atoms with Crippen LogP contribution in [0, 0.1) is 0 Å². The fourth-order valence-electron chi connectivity index (χ4n) is 3.04. The molecule has 0 aliphatic carbocycles. The van der Waals surface area contributed by atoms with Gasteiger partial charge >= 0.3 is 0 Å². The first-order valence-electron chi connectivity index (χ1n) is 7.79. The monoisotopic (exact) mass is 327 g/mol. The number of H-pyrrole nitrogens is 1. The van der Waals surface area contributed by atoms with Crippen molar-refractivity contribution in [3.05, 3.63) is 55.1 Å². The summed E-state index contributed by atoms with van der Waals surface area (Å²) >= 11 is 0. The number of nitrogens with zero attached hydrogens (tertiary/aromatic N) is 4. The van der Waals surface area contributed by atoms with E-state index in [1.807, 2.05) is 30.3 Å². The number of nitrogens with two attached hydrogens (primary N) is 1. The van der Waals surface area contributed by atoms with Crippen LogP contribution in [0.4, 0.5) is 17.3 Å². The molecule has 0 saturated heterocycles. The lowest BCUT2D eigenvalue weighted by atomic mass is 10.1. The van der Waals surface area contributed by atoms with Crippen LogP contribution in [0.15, 0.2) is 55.1 Å². The second-order valence-electron chi connectivity index (χ2n) is 5.69. The number of imidazole rings is 1. The average Bonchev–Trinajstić information content (AvgIpc) is 3.03. The minimum absolute atomic E-state index is 0.436. The predicted octanol–water partition coefficient (Wildman–Crippen LogP) is 3.23. The molecule has 0 atom stereocenters. The van der Waals surface area contributed by atoms with Gasteiger partial charge in [-0.05, 0) is 30.3 Å². The van der Waals surface area contributed by atoms with Gasteiger partial charge in [0.2, 0.25) is 0 Å². The molecule has 5 rings (SSSR count). The number of fused-ring (bicyclic) bond motifs is 5. The number of aromatic amines is 1. The minimum Gasteiger partial charge on any atom is -0.383 e. The van der Waals surface area contributed by atoms with Crippen molar-refractivity contribution in [1.82, 2.24) is 24.9 Å². The molecule has 25 heavy (non-hydrogen) atoms. The van der Waals surface area contributed by atoms with E-state index in [0.29, 0.717) is 11.6 Å². The standard InChI is InChI=1S/C18H13N7/c19-16-12(4-2-6-21-16)18-24-14-10-5-8-20-9-13(10)23-17-11(15(14)25-18)3-1-7-22-17/h1-9H,(H2,19,21)(H,22,23)(H,24,25). The van der Waals surface area contributed by atoms with Crippen LogP contribution in [-0.4, -0.2) is 24.9 Å². The summed E-state index contributed by atoms with van der Waals surface area (Å²) in [6, 6.07) is 9.57. The highest BCUT2D eigenvalue weighted by Gasteiger charge is 2.24. The van der Waals surface area contributed by atoms with E-state index in [9.17, 15) is 0 Å². The van der Waals surface area contributed by atoms with Crippen LogP contribution in [0.1, 0.15) is 0 Å². The smallest absolute Gasteiger partial charge is 0.142 e. The molecule has 0 spiro atoms. The van der Waals surface area contributed by atoms with Crippen molar-refractivity contribution in [3.8, 4) is 33.9 Å². The number of nitrogens with one attached hydrogen (secondary N) is 2. The quantitative estimate of drug-likeness (QED) is 0.436. The van der Waals surface area contributed by atoms with Gasteiger partial charge in [0.15, 0.2) is 0 Å². The number of pyridine rings is 3. The van der Waals surface area contributed by atoms with Crippen molar-refractivity contribution in [1.29, 1.82) is 0 Å². The van der Waals surface area contributed by atoms with Crippen molar-refractivity contribution < 1.29 is 0 Å². The normalized spacial score (nSPS) is 11.7. The van der Waals surface area contributed by atoms with Crippen molar-refractivity contribution in [2.24, 2.45) is 0 Å². The Labute approximate surface area is 143 Å². The highest BCUT2D eigenvalue weighted by molar-refractivity contribution is 5.95. The van der Waals surface area contributed by atoms with Crippen LogP contribution in [-0.2, 0) is 0 Å². The van der Waals surface area contributed by atoms with Crippen LogP contribution in [0.5, 0.6) is 0 Å². The third-order valence-electron chi connectivity index (χ3n) is 4.20. The lowest BCUT2D eigenvalue weighted by Gasteiger charge is -2.08. The first-order chi connectivity index (χ1) is 12.3. The Hall–Kier alpha value is -3.74. The van der Waals surface area contributed by atoms with Gasteiger partial charge in [-0.15, -0.1) is 0 Å². The highest BCUT2D eigenvalue weighted by Crippen LogP contribution is 2.42. The zero-order valence-corrected chi connectivity index (χ0v) is 13.1. The Kier molecular flexibility index (Phi) is 2.81. The molecular weight excluding hydrogens is 314 g/mol. The molecule has 7 heteroatoms. The Morgan fingerprint density at radius 1 is 0.880 bits per heavy atom. The molecule has 4 aromatic heterocycles. The van der Waals surface area contributed by atoms with Gasteiger partial charge in [-0.2, -0.15) is 0 Å². The summed E-state index contributed by atoms with van der Waals surface area (Å²) in [6.07, 6.45) is 6.95. The highest BCUT2D eigenvalue weighted by atomic mass is 15.0. The third-order valence-corrected chi connectivity index (χ3v) is 4.20. The molecular formula is C18H13N7. The molecule has 120 valence electrons. The van der Waals surface area contributed by atoms with Crippen LogP contribution >= 0.6 is 0 Å². The first-order valence-corrected chi connectivity index (χ1v) is 7.79. The summed E-state index contributed by atoms with van der Waals surface area (Å²) in [7, 11) is 0. The molecule has 0 radical (unpaired) electrons. The molecule has 0 aromatic carbocycles. The number of rotatable bonds is 1. The summed E-state index contributed by atoms with van der Waals surface area (Å²) in [5.74, 6) is 1.86. The summed E-state index contributed by atoms with van der Waals surface area (Å²) in [5.41, 5.74) is 11.3. The van der Waals surface area contributed by atoms with Crippen molar-refractivity contribution >= 4 is 17.3 Å². The van der Waals surface area contributed by atoms with E-state index < -0.39 is 0 Å². The molecule has 4 N–H and O–H groups in total. The molecule has 0 saturated carbocycles. The summed E-state index contributed by atoms with van der Waals surface area (Å²) < 4.78 is 0. The predicted molar refractivity (Wildman–Crippen MR) is 96.0 cm³/mol. The maximum absolute atomic E-state index is 6.02. The average molecular weight is 327 g/mol. The topological polar surface area (TPSA) is 105 Å². The Bertz CT molecular complexity index is 1040. The fourth-order valence-corrected chi connectivity index (χ4v) is 3.04. The van der Waals surface area contributed by atoms with Crippen LogP contribution in [0.25, 0.3) is 33.9 Å². The number of aromatic nitrogens is 5. The van der Waals surface area contributed by atoms with Crippen LogP contribution < -0.4 is 11.1 Å². The Morgan fingerprint density at radius 2 is 1.72 bits per heavy atom. The minimum atomic E-state index is 0.436. The van der Waals surface area contributed by atoms with E-state index in [2.05, 4.69) is 25.3 Å². The summed E-state index contributed by atoms with van der Waals surface area (Å²) in [4.78, 5) is 21.0. The molecule has 0 fully saturated rings. The SMILES string of the molecule is Nc1ncccc1-c1nc2c([nH]1)-c1ccncc1Nc1ncccc1-2. The summed E-state index contributed by atoms with van der Waals surface area (Å²) in [6.45, 7) is 0. The number of nitrogen functional groups attached to an aromatic ring is 1. The second-order valence-corrected chi connectivity index (χ2v) is 5.69. The Morgan fingerprint density at radius 3 is 2.60 bits per heavy atom. The van der Waals surface area contributed by atoms with E-state index >= 15 is 0 Å². The van der Waals surface area contributed by atoms with Gasteiger partial charge in [0.05, 0.1) is 23.1 Å². The van der Waals surface area contributed by atoms with E-state index in [4.69, 9.17) is 10.7 Å². The zero-order chi connectivity index (χ0) is 16.8. The molecule has 7 nitrogen and oxygen atoms in total. The lowest BCUT2D eigenvalue weighted by Crippen LogP contribution is -1.96. The summed E-state index contributed by atoms with van der Waals surface area (Å²) in [5, 5.41) is 3.34. The maximum Gasteiger partial charge on any atom is 0.142 e. The number of hydrogen-bond donors (Lipinski definition) is 3. The van der Waals surface area contributed by atoms with Gasteiger partial charge in [0.25, 0.3) is 0 Å². The van der Waals surface area contributed by atoms with Crippen molar-refractivity contribution in [2.75, 3.05) is 11.1 Å². The van der Waals surface area contributed by atoms with Crippen molar-refractivity contribution in [3.63, 3.8) is 0 Å². The van der Waals surface area contributed by atoms with Crippen molar-refractivity contribution in [2.45, 2.75) is 0 Å². The van der Waals surface area contributed by atoms with E-state index in [1.165, 1.54) is 0 Å². The van der Waals surface area contributed by atoms with Gasteiger partial charge in [-0.25, -0.2) is 15.0 Å². The Balaban J connectivity index is 1.82. The molecule has 0 bridgehead atoms. The molecule has 0 amide bonds. The van der Waals surface area contributed by atoms with Gasteiger partial charge in [-0.3, -0.25) is 4.98 Å². The molecule has 0 unspecified atom stereocenters.